The van der Waals surface area contributed by atoms with Gasteiger partial charge in [0, 0.05) is 12.0 Å². The molecule has 0 fully saturated rings. The molecule has 0 unspecified atom stereocenters. The summed E-state index contributed by atoms with van der Waals surface area (Å²) in [7, 11) is 0. The predicted octanol–water partition coefficient (Wildman–Crippen LogP) is 5.03. The highest BCUT2D eigenvalue weighted by atomic mass is 16.1. The first-order chi connectivity index (χ1) is 11.3. The fourth-order valence-corrected chi connectivity index (χ4v) is 3.08. The quantitative estimate of drug-likeness (QED) is 0.552. The van der Waals surface area contributed by atoms with Gasteiger partial charge in [0.2, 0.25) is 0 Å². The molecule has 0 N–H and O–H groups in total. The maximum Gasteiger partial charge on any atom is 0.170 e. The number of rotatable bonds is 6. The fourth-order valence-electron chi connectivity index (χ4n) is 3.08. The molecule has 0 aliphatic rings. The predicted molar refractivity (Wildman–Crippen MR) is 99.5 cm³/mol. The van der Waals surface area contributed by atoms with Crippen molar-refractivity contribution in [2.45, 2.75) is 40.5 Å². The van der Waals surface area contributed by atoms with Crippen molar-refractivity contribution in [1.29, 1.82) is 0 Å². The van der Waals surface area contributed by atoms with Gasteiger partial charge in [0.05, 0.1) is 6.42 Å². The van der Waals surface area contributed by atoms with Gasteiger partial charge in [0.25, 0.3) is 0 Å². The van der Waals surface area contributed by atoms with E-state index >= 15 is 0 Å². The SMILES string of the molecule is C=C(C)c1ccc(CC(=O)CC(=O)c2c(C)cc(C)cc2C)cc1. The number of Topliss-reactive ketones (excluding diaryl/α,β-unsaturated/α-hetero) is 2. The smallest absolute Gasteiger partial charge is 0.170 e. The van der Waals surface area contributed by atoms with E-state index in [-0.39, 0.29) is 24.4 Å². The van der Waals surface area contributed by atoms with Crippen LogP contribution in [0, 0.1) is 20.8 Å². The van der Waals surface area contributed by atoms with Gasteiger partial charge in [0.15, 0.2) is 5.78 Å². The number of ketones is 2. The van der Waals surface area contributed by atoms with Crippen molar-refractivity contribution < 1.29 is 9.59 Å². The van der Waals surface area contributed by atoms with Gasteiger partial charge < -0.3 is 0 Å². The van der Waals surface area contributed by atoms with E-state index in [1.54, 1.807) is 0 Å². The number of hydrogen-bond acceptors (Lipinski definition) is 2. The molecule has 0 saturated carbocycles. The number of carbonyl (C=O) groups excluding carboxylic acids is 2. The van der Waals surface area contributed by atoms with E-state index in [9.17, 15) is 9.59 Å². The van der Waals surface area contributed by atoms with E-state index in [2.05, 4.69) is 6.58 Å². The highest BCUT2D eigenvalue weighted by molar-refractivity contribution is 6.09. The summed E-state index contributed by atoms with van der Waals surface area (Å²) in [4.78, 5) is 24.8. The van der Waals surface area contributed by atoms with Crippen molar-refractivity contribution in [2.75, 3.05) is 0 Å². The second-order valence-corrected chi connectivity index (χ2v) is 6.57. The first kappa shape index (κ1) is 17.9. The van der Waals surface area contributed by atoms with Crippen LogP contribution >= 0.6 is 0 Å². The zero-order valence-corrected chi connectivity index (χ0v) is 14.9. The number of carbonyl (C=O) groups is 2. The van der Waals surface area contributed by atoms with E-state index in [4.69, 9.17) is 0 Å². The minimum absolute atomic E-state index is 0.0486. The molecular formula is C22H24O2. The van der Waals surface area contributed by atoms with E-state index in [0.717, 1.165) is 33.4 Å². The molecule has 0 bridgehead atoms. The molecule has 0 heterocycles. The molecular weight excluding hydrogens is 296 g/mol. The minimum Gasteiger partial charge on any atom is -0.299 e. The molecule has 0 spiro atoms. The first-order valence-corrected chi connectivity index (χ1v) is 8.15. The monoisotopic (exact) mass is 320 g/mol. The van der Waals surface area contributed by atoms with E-state index < -0.39 is 0 Å². The maximum atomic E-state index is 12.5. The van der Waals surface area contributed by atoms with Crippen molar-refractivity contribution in [3.8, 4) is 0 Å². The Kier molecular flexibility index (Phi) is 5.50. The Morgan fingerprint density at radius 2 is 1.50 bits per heavy atom. The van der Waals surface area contributed by atoms with Gasteiger partial charge in [0.1, 0.15) is 5.78 Å². The van der Waals surface area contributed by atoms with Gasteiger partial charge in [-0.2, -0.15) is 0 Å². The van der Waals surface area contributed by atoms with Crippen LogP contribution < -0.4 is 0 Å². The summed E-state index contributed by atoms with van der Waals surface area (Å²) in [6, 6.07) is 11.7. The van der Waals surface area contributed by atoms with Crippen molar-refractivity contribution >= 4 is 17.1 Å². The Hall–Kier alpha value is -2.48. The Balaban J connectivity index is 2.07. The lowest BCUT2D eigenvalue weighted by atomic mass is 9.93. The van der Waals surface area contributed by atoms with E-state index in [0.29, 0.717) is 5.56 Å². The molecule has 124 valence electrons. The number of allylic oxidation sites excluding steroid dienone is 1. The molecule has 2 heteroatoms. The molecule has 24 heavy (non-hydrogen) atoms. The van der Waals surface area contributed by atoms with Crippen LogP contribution in [0.1, 0.15) is 51.5 Å². The van der Waals surface area contributed by atoms with Crippen LogP contribution in [0.4, 0.5) is 0 Å². The Labute approximate surface area is 144 Å². The van der Waals surface area contributed by atoms with Gasteiger partial charge in [-0.05, 0) is 49.9 Å². The van der Waals surface area contributed by atoms with Gasteiger partial charge in [-0.25, -0.2) is 0 Å². The van der Waals surface area contributed by atoms with Gasteiger partial charge in [-0.1, -0.05) is 54.1 Å². The summed E-state index contributed by atoms with van der Waals surface area (Å²) in [5.41, 5.74) is 6.68. The molecule has 0 radical (unpaired) electrons. The van der Waals surface area contributed by atoms with Crippen molar-refractivity contribution in [3.05, 3.63) is 76.4 Å². The summed E-state index contributed by atoms with van der Waals surface area (Å²) in [6.45, 7) is 11.7. The summed E-state index contributed by atoms with van der Waals surface area (Å²) in [5.74, 6) is -0.143. The molecule has 0 aromatic heterocycles. The van der Waals surface area contributed by atoms with Crippen LogP contribution in [-0.2, 0) is 11.2 Å². The Morgan fingerprint density at radius 3 is 2.00 bits per heavy atom. The number of aryl methyl sites for hydroxylation is 3. The number of benzene rings is 2. The zero-order valence-electron chi connectivity index (χ0n) is 14.9. The molecule has 0 amide bonds. The lowest BCUT2D eigenvalue weighted by Crippen LogP contribution is -2.13. The summed E-state index contributed by atoms with van der Waals surface area (Å²) < 4.78 is 0. The van der Waals surface area contributed by atoms with E-state index in [1.165, 1.54) is 0 Å². The Bertz CT molecular complexity index is 772. The third kappa shape index (κ3) is 4.29. The zero-order chi connectivity index (χ0) is 17.9. The lowest BCUT2D eigenvalue weighted by Gasteiger charge is -2.10. The Morgan fingerprint density at radius 1 is 0.958 bits per heavy atom. The van der Waals surface area contributed by atoms with Crippen LogP contribution in [-0.4, -0.2) is 11.6 Å². The minimum atomic E-state index is -0.0893. The molecule has 2 nitrogen and oxygen atoms in total. The fraction of sp³-hybridized carbons (Fsp3) is 0.273. The maximum absolute atomic E-state index is 12.5. The largest absolute Gasteiger partial charge is 0.299 e. The lowest BCUT2D eigenvalue weighted by molar-refractivity contribution is -0.117. The third-order valence-corrected chi connectivity index (χ3v) is 4.16. The highest BCUT2D eigenvalue weighted by Crippen LogP contribution is 2.19. The summed E-state index contributed by atoms with van der Waals surface area (Å²) >= 11 is 0. The third-order valence-electron chi connectivity index (χ3n) is 4.16. The molecule has 2 aromatic carbocycles. The van der Waals surface area contributed by atoms with Crippen LogP contribution in [0.2, 0.25) is 0 Å². The van der Waals surface area contributed by atoms with Crippen LogP contribution in [0.5, 0.6) is 0 Å². The van der Waals surface area contributed by atoms with Gasteiger partial charge >= 0.3 is 0 Å². The number of hydrogen-bond donors (Lipinski definition) is 0. The van der Waals surface area contributed by atoms with E-state index in [1.807, 2.05) is 64.1 Å². The normalized spacial score (nSPS) is 10.5. The standard InChI is InChI=1S/C22H24O2/c1-14(2)19-8-6-18(7-9-19)12-20(23)13-21(24)22-16(4)10-15(3)11-17(22)5/h6-11H,1,12-13H2,2-5H3. The summed E-state index contributed by atoms with van der Waals surface area (Å²) in [6.07, 6.45) is 0.235. The molecule has 0 atom stereocenters. The molecule has 0 aliphatic carbocycles. The molecule has 2 aromatic rings. The topological polar surface area (TPSA) is 34.1 Å². The molecule has 0 saturated heterocycles. The average molecular weight is 320 g/mol. The van der Waals surface area contributed by atoms with Gasteiger partial charge in [-0.3, -0.25) is 9.59 Å². The molecule has 0 aliphatic heterocycles. The van der Waals surface area contributed by atoms with Gasteiger partial charge in [-0.15, -0.1) is 0 Å². The second-order valence-electron chi connectivity index (χ2n) is 6.57. The van der Waals surface area contributed by atoms with Crippen molar-refractivity contribution in [1.82, 2.24) is 0 Å². The van der Waals surface area contributed by atoms with Crippen LogP contribution in [0.15, 0.2) is 43.0 Å². The summed E-state index contributed by atoms with van der Waals surface area (Å²) in [5, 5.41) is 0. The van der Waals surface area contributed by atoms with Crippen molar-refractivity contribution in [3.63, 3.8) is 0 Å². The highest BCUT2D eigenvalue weighted by Gasteiger charge is 2.16. The van der Waals surface area contributed by atoms with Crippen LogP contribution in [0.25, 0.3) is 5.57 Å². The average Bonchev–Trinajstić information content (AvgIpc) is 2.46. The second kappa shape index (κ2) is 7.39. The van der Waals surface area contributed by atoms with Crippen LogP contribution in [0.3, 0.4) is 0 Å². The van der Waals surface area contributed by atoms with Crippen molar-refractivity contribution in [2.24, 2.45) is 0 Å². The molecule has 2 rings (SSSR count). The first-order valence-electron chi connectivity index (χ1n) is 8.15.